The number of amides is 2. The number of fused-ring (bicyclic) bond motifs is 1. The van der Waals surface area contributed by atoms with Gasteiger partial charge in [-0.1, -0.05) is 30.2 Å². The van der Waals surface area contributed by atoms with Crippen molar-refractivity contribution in [3.63, 3.8) is 0 Å². The van der Waals surface area contributed by atoms with E-state index in [0.717, 1.165) is 54.4 Å². The first kappa shape index (κ1) is 19.5. The Morgan fingerprint density at radius 1 is 1.14 bits per heavy atom. The summed E-state index contributed by atoms with van der Waals surface area (Å²) in [5.41, 5.74) is 2.60. The van der Waals surface area contributed by atoms with Crippen molar-refractivity contribution in [3.05, 3.63) is 70.8 Å². The van der Waals surface area contributed by atoms with Gasteiger partial charge in [-0.15, -0.1) is 10.2 Å². The number of aryl methyl sites for hydroxylation is 2. The van der Waals surface area contributed by atoms with E-state index in [9.17, 15) is 4.79 Å². The third-order valence-electron chi connectivity index (χ3n) is 5.14. The fourth-order valence-electron chi connectivity index (χ4n) is 3.62. The molecule has 1 aliphatic heterocycles. The van der Waals surface area contributed by atoms with Gasteiger partial charge in [-0.25, -0.2) is 4.79 Å². The first-order chi connectivity index (χ1) is 14.1. The third-order valence-corrected chi connectivity index (χ3v) is 5.39. The Morgan fingerprint density at radius 2 is 1.97 bits per heavy atom. The van der Waals surface area contributed by atoms with Gasteiger partial charge in [0.2, 0.25) is 0 Å². The van der Waals surface area contributed by atoms with Gasteiger partial charge in [-0.3, -0.25) is 4.90 Å². The fourth-order valence-corrected chi connectivity index (χ4v) is 3.74. The Labute approximate surface area is 175 Å². The zero-order chi connectivity index (χ0) is 20.2. The molecule has 0 aliphatic carbocycles. The number of benzene rings is 2. The molecule has 0 bridgehead atoms. The van der Waals surface area contributed by atoms with Crippen molar-refractivity contribution in [2.45, 2.75) is 45.7 Å². The summed E-state index contributed by atoms with van der Waals surface area (Å²) in [5.74, 6) is 1.81. The number of rotatable bonds is 4. The molecule has 1 aromatic heterocycles. The summed E-state index contributed by atoms with van der Waals surface area (Å²) in [5, 5.41) is 12.4. The Hall–Kier alpha value is -2.86. The lowest BCUT2D eigenvalue weighted by Gasteiger charge is -2.23. The zero-order valence-corrected chi connectivity index (χ0v) is 17.2. The van der Waals surface area contributed by atoms with Crippen molar-refractivity contribution in [3.8, 4) is 0 Å². The van der Waals surface area contributed by atoms with Crippen molar-refractivity contribution in [2.75, 3.05) is 10.2 Å². The molecule has 2 aromatic carbocycles. The number of carbonyl (C=O) groups excluding carboxylic acids is 1. The Balaban J connectivity index is 1.63. The SMILES string of the molecule is Cc1cccc(NC(=O)N(Cc2nnc3n2CCCCC3)c2ccc(Cl)cc2)c1. The number of hydrogen-bond donors (Lipinski definition) is 1. The van der Waals surface area contributed by atoms with Crippen LogP contribution < -0.4 is 10.2 Å². The minimum atomic E-state index is -0.219. The lowest BCUT2D eigenvalue weighted by molar-refractivity contribution is 0.256. The van der Waals surface area contributed by atoms with Gasteiger partial charge >= 0.3 is 6.03 Å². The highest BCUT2D eigenvalue weighted by molar-refractivity contribution is 6.30. The van der Waals surface area contributed by atoms with Gasteiger partial charge in [0.1, 0.15) is 5.82 Å². The predicted octanol–water partition coefficient (Wildman–Crippen LogP) is 5.21. The lowest BCUT2D eigenvalue weighted by atomic mass is 10.2. The van der Waals surface area contributed by atoms with Crippen LogP contribution >= 0.6 is 11.6 Å². The van der Waals surface area contributed by atoms with E-state index in [2.05, 4.69) is 20.1 Å². The molecule has 6 nitrogen and oxygen atoms in total. The highest BCUT2D eigenvalue weighted by Gasteiger charge is 2.22. The third kappa shape index (κ3) is 4.59. The van der Waals surface area contributed by atoms with Crippen LogP contribution in [0.3, 0.4) is 0 Å². The van der Waals surface area contributed by atoms with Crippen molar-refractivity contribution < 1.29 is 4.79 Å². The van der Waals surface area contributed by atoms with E-state index in [1.54, 1.807) is 17.0 Å². The lowest BCUT2D eigenvalue weighted by Crippen LogP contribution is -2.35. The molecule has 0 unspecified atom stereocenters. The summed E-state index contributed by atoms with van der Waals surface area (Å²) >= 11 is 6.05. The van der Waals surface area contributed by atoms with Crippen LogP contribution in [0.1, 0.15) is 36.5 Å². The van der Waals surface area contributed by atoms with E-state index < -0.39 is 0 Å². The summed E-state index contributed by atoms with van der Waals surface area (Å²) in [7, 11) is 0. The van der Waals surface area contributed by atoms with Crippen LogP contribution in [0.4, 0.5) is 16.2 Å². The summed E-state index contributed by atoms with van der Waals surface area (Å²) in [4.78, 5) is 14.9. The van der Waals surface area contributed by atoms with E-state index in [1.165, 1.54) is 6.42 Å². The maximum Gasteiger partial charge on any atom is 0.326 e. The number of anilines is 2. The maximum absolute atomic E-state index is 13.2. The minimum Gasteiger partial charge on any atom is -0.313 e. The largest absolute Gasteiger partial charge is 0.326 e. The number of hydrogen-bond acceptors (Lipinski definition) is 3. The van der Waals surface area contributed by atoms with E-state index in [1.807, 2.05) is 43.3 Å². The predicted molar refractivity (Wildman–Crippen MR) is 115 cm³/mol. The first-order valence-electron chi connectivity index (χ1n) is 9.92. The molecule has 7 heteroatoms. The van der Waals surface area contributed by atoms with Gasteiger partial charge in [-0.2, -0.15) is 0 Å². The summed E-state index contributed by atoms with van der Waals surface area (Å²) < 4.78 is 2.16. The van der Waals surface area contributed by atoms with Crippen LogP contribution in [0.2, 0.25) is 5.02 Å². The normalized spacial score (nSPS) is 13.4. The van der Waals surface area contributed by atoms with Crippen LogP contribution in [0.5, 0.6) is 0 Å². The molecule has 1 aliphatic rings. The van der Waals surface area contributed by atoms with Crippen LogP contribution in [0, 0.1) is 6.92 Å². The molecule has 3 aromatic rings. The molecule has 0 saturated carbocycles. The standard InChI is InChI=1S/C22H24ClN5O/c1-16-6-5-7-18(14-16)24-22(29)28(19-11-9-17(23)10-12-19)15-21-26-25-20-8-3-2-4-13-27(20)21/h5-7,9-12,14H,2-4,8,13,15H2,1H3,(H,24,29). The van der Waals surface area contributed by atoms with Crippen LogP contribution in [-0.2, 0) is 19.5 Å². The summed E-state index contributed by atoms with van der Waals surface area (Å²) in [6.07, 6.45) is 4.36. The smallest absolute Gasteiger partial charge is 0.313 e. The van der Waals surface area contributed by atoms with Gasteiger partial charge in [-0.05, 0) is 61.7 Å². The van der Waals surface area contributed by atoms with Crippen LogP contribution in [0.25, 0.3) is 0 Å². The second kappa shape index (κ2) is 8.66. The number of carbonyl (C=O) groups is 1. The molecule has 0 atom stereocenters. The molecule has 0 radical (unpaired) electrons. The van der Waals surface area contributed by atoms with Gasteiger partial charge < -0.3 is 9.88 Å². The topological polar surface area (TPSA) is 63.1 Å². The zero-order valence-electron chi connectivity index (χ0n) is 16.4. The molecule has 2 amide bonds. The number of urea groups is 1. The van der Waals surface area contributed by atoms with E-state index in [4.69, 9.17) is 11.6 Å². The van der Waals surface area contributed by atoms with Gasteiger partial charge in [0.25, 0.3) is 0 Å². The summed E-state index contributed by atoms with van der Waals surface area (Å²) in [6.45, 7) is 3.23. The second-order valence-electron chi connectivity index (χ2n) is 7.36. The van der Waals surface area contributed by atoms with Crippen LogP contribution in [-0.4, -0.2) is 20.8 Å². The Morgan fingerprint density at radius 3 is 2.76 bits per heavy atom. The van der Waals surface area contributed by atoms with Gasteiger partial charge in [0.05, 0.1) is 6.54 Å². The molecular weight excluding hydrogens is 386 g/mol. The quantitative estimate of drug-likeness (QED) is 0.643. The first-order valence-corrected chi connectivity index (χ1v) is 10.3. The number of halogens is 1. The molecule has 0 spiro atoms. The van der Waals surface area contributed by atoms with Crippen molar-refractivity contribution in [1.29, 1.82) is 0 Å². The van der Waals surface area contributed by atoms with E-state index in [-0.39, 0.29) is 6.03 Å². The second-order valence-corrected chi connectivity index (χ2v) is 7.79. The van der Waals surface area contributed by atoms with Crippen LogP contribution in [0.15, 0.2) is 48.5 Å². The fraction of sp³-hybridized carbons (Fsp3) is 0.318. The Bertz CT molecular complexity index is 999. The molecular formula is C22H24ClN5O. The number of nitrogens with one attached hydrogen (secondary N) is 1. The van der Waals surface area contributed by atoms with Crippen molar-refractivity contribution in [1.82, 2.24) is 14.8 Å². The monoisotopic (exact) mass is 409 g/mol. The minimum absolute atomic E-state index is 0.219. The highest BCUT2D eigenvalue weighted by atomic mass is 35.5. The molecule has 2 heterocycles. The van der Waals surface area contributed by atoms with E-state index in [0.29, 0.717) is 11.6 Å². The molecule has 29 heavy (non-hydrogen) atoms. The molecule has 0 saturated heterocycles. The van der Waals surface area contributed by atoms with Gasteiger partial charge in [0, 0.05) is 29.4 Å². The number of aromatic nitrogens is 3. The van der Waals surface area contributed by atoms with Crippen molar-refractivity contribution >= 4 is 29.0 Å². The van der Waals surface area contributed by atoms with Gasteiger partial charge in [0.15, 0.2) is 5.82 Å². The average molecular weight is 410 g/mol. The van der Waals surface area contributed by atoms with E-state index >= 15 is 0 Å². The summed E-state index contributed by atoms with van der Waals surface area (Å²) in [6, 6.07) is 14.8. The Kier molecular flexibility index (Phi) is 5.81. The molecule has 4 rings (SSSR count). The number of nitrogens with zero attached hydrogens (tertiary/aromatic N) is 4. The molecule has 0 fully saturated rings. The van der Waals surface area contributed by atoms with Crippen molar-refractivity contribution in [2.24, 2.45) is 0 Å². The molecule has 1 N–H and O–H groups in total. The average Bonchev–Trinajstić information content (AvgIpc) is 2.93. The molecule has 150 valence electrons. The maximum atomic E-state index is 13.2. The highest BCUT2D eigenvalue weighted by Crippen LogP contribution is 2.23.